The van der Waals surface area contributed by atoms with E-state index in [9.17, 15) is 5.11 Å². The van der Waals surface area contributed by atoms with Gasteiger partial charge in [0.25, 0.3) is 0 Å². The van der Waals surface area contributed by atoms with Crippen LogP contribution in [-0.4, -0.2) is 10.2 Å². The van der Waals surface area contributed by atoms with E-state index in [0.29, 0.717) is 10.6 Å². The highest BCUT2D eigenvalue weighted by molar-refractivity contribution is 6.30. The monoisotopic (exact) mass is 244 g/mol. The van der Waals surface area contributed by atoms with Gasteiger partial charge in [-0.15, -0.1) is 0 Å². The van der Waals surface area contributed by atoms with Crippen molar-refractivity contribution in [1.29, 1.82) is 0 Å². The second kappa shape index (κ2) is 4.82. The van der Waals surface area contributed by atoms with E-state index >= 15 is 0 Å². The molecule has 0 atom stereocenters. The SMILES string of the molecule is Oc1ccc(C#Cc2ccc(Cl)cc2)cc1O. The summed E-state index contributed by atoms with van der Waals surface area (Å²) in [5.74, 6) is 5.49. The number of phenolic OH excluding ortho intramolecular Hbond substituents is 2. The van der Waals surface area contributed by atoms with E-state index in [1.54, 1.807) is 18.2 Å². The number of phenols is 2. The van der Waals surface area contributed by atoms with Crippen LogP contribution < -0.4 is 0 Å². The molecule has 2 aromatic rings. The summed E-state index contributed by atoms with van der Waals surface area (Å²) < 4.78 is 0. The first-order valence-electron chi connectivity index (χ1n) is 4.95. The first-order valence-corrected chi connectivity index (χ1v) is 5.32. The summed E-state index contributed by atoms with van der Waals surface area (Å²) in [4.78, 5) is 0. The lowest BCUT2D eigenvalue weighted by Gasteiger charge is -1.96. The molecule has 2 rings (SSSR count). The fraction of sp³-hybridized carbons (Fsp3) is 0. The Morgan fingerprint density at radius 2 is 1.35 bits per heavy atom. The number of aromatic hydroxyl groups is 2. The van der Waals surface area contributed by atoms with Crippen molar-refractivity contribution in [3.05, 3.63) is 58.6 Å². The largest absolute Gasteiger partial charge is 0.504 e. The quantitative estimate of drug-likeness (QED) is 0.552. The molecular formula is C14H9ClO2. The second-order valence-corrected chi connectivity index (χ2v) is 3.90. The molecular weight excluding hydrogens is 236 g/mol. The van der Waals surface area contributed by atoms with Crippen LogP contribution in [0.1, 0.15) is 11.1 Å². The van der Waals surface area contributed by atoms with Crippen LogP contribution >= 0.6 is 11.6 Å². The van der Waals surface area contributed by atoms with Crippen LogP contribution in [0.5, 0.6) is 11.5 Å². The summed E-state index contributed by atoms with van der Waals surface area (Å²) in [7, 11) is 0. The van der Waals surface area contributed by atoms with E-state index in [1.165, 1.54) is 12.1 Å². The van der Waals surface area contributed by atoms with Gasteiger partial charge in [-0.05, 0) is 42.5 Å². The van der Waals surface area contributed by atoms with Gasteiger partial charge in [0.1, 0.15) is 0 Å². The fourth-order valence-electron chi connectivity index (χ4n) is 1.28. The van der Waals surface area contributed by atoms with E-state index in [1.807, 2.05) is 12.1 Å². The zero-order valence-electron chi connectivity index (χ0n) is 8.81. The highest BCUT2D eigenvalue weighted by Crippen LogP contribution is 2.24. The molecule has 17 heavy (non-hydrogen) atoms. The summed E-state index contributed by atoms with van der Waals surface area (Å²) >= 11 is 5.76. The van der Waals surface area contributed by atoms with Gasteiger partial charge in [-0.1, -0.05) is 23.4 Å². The average Bonchev–Trinajstić information content (AvgIpc) is 2.33. The maximum atomic E-state index is 9.30. The van der Waals surface area contributed by atoms with Crippen molar-refractivity contribution < 1.29 is 10.2 Å². The van der Waals surface area contributed by atoms with Crippen molar-refractivity contribution in [2.45, 2.75) is 0 Å². The van der Waals surface area contributed by atoms with Crippen LogP contribution in [0, 0.1) is 11.8 Å². The Bertz CT molecular complexity index is 592. The Labute approximate surface area is 104 Å². The van der Waals surface area contributed by atoms with Crippen LogP contribution in [0.15, 0.2) is 42.5 Å². The van der Waals surface area contributed by atoms with Gasteiger partial charge in [-0.25, -0.2) is 0 Å². The minimum Gasteiger partial charge on any atom is -0.504 e. The Balaban J connectivity index is 2.26. The number of hydrogen-bond donors (Lipinski definition) is 2. The molecule has 2 aromatic carbocycles. The highest BCUT2D eigenvalue weighted by atomic mass is 35.5. The van der Waals surface area contributed by atoms with Crippen molar-refractivity contribution in [3.63, 3.8) is 0 Å². The normalized spacial score (nSPS) is 9.47. The number of hydrogen-bond acceptors (Lipinski definition) is 2. The average molecular weight is 245 g/mol. The van der Waals surface area contributed by atoms with E-state index < -0.39 is 0 Å². The minimum absolute atomic E-state index is 0.151. The minimum atomic E-state index is -0.173. The first-order chi connectivity index (χ1) is 8.15. The molecule has 0 spiro atoms. The zero-order valence-corrected chi connectivity index (χ0v) is 9.57. The third-order valence-electron chi connectivity index (χ3n) is 2.17. The van der Waals surface area contributed by atoms with Gasteiger partial charge in [-0.3, -0.25) is 0 Å². The molecule has 3 heteroatoms. The number of rotatable bonds is 0. The van der Waals surface area contributed by atoms with Gasteiger partial charge in [-0.2, -0.15) is 0 Å². The molecule has 0 aliphatic carbocycles. The molecule has 84 valence electrons. The standard InChI is InChI=1S/C14H9ClO2/c15-12-6-3-10(4-7-12)1-2-11-5-8-13(16)14(17)9-11/h3-9,16-17H. The first kappa shape index (κ1) is 11.4. The van der Waals surface area contributed by atoms with Crippen LogP contribution in [0.4, 0.5) is 0 Å². The molecule has 0 saturated carbocycles. The smallest absolute Gasteiger partial charge is 0.158 e. The molecule has 0 heterocycles. The Kier molecular flexibility index (Phi) is 3.22. The summed E-state index contributed by atoms with van der Waals surface area (Å²) in [5.41, 5.74) is 1.47. The van der Waals surface area contributed by atoms with Gasteiger partial charge >= 0.3 is 0 Å². The third-order valence-corrected chi connectivity index (χ3v) is 2.42. The number of halogens is 1. The van der Waals surface area contributed by atoms with Crippen molar-refractivity contribution in [2.75, 3.05) is 0 Å². The Morgan fingerprint density at radius 1 is 0.765 bits per heavy atom. The zero-order chi connectivity index (χ0) is 12.3. The lowest BCUT2D eigenvalue weighted by Crippen LogP contribution is -1.76. The molecule has 0 aromatic heterocycles. The van der Waals surface area contributed by atoms with Crippen LogP contribution in [0.25, 0.3) is 0 Å². The van der Waals surface area contributed by atoms with Gasteiger partial charge in [0.05, 0.1) is 0 Å². The molecule has 0 bridgehead atoms. The molecule has 0 fully saturated rings. The van der Waals surface area contributed by atoms with E-state index in [-0.39, 0.29) is 11.5 Å². The highest BCUT2D eigenvalue weighted by Gasteiger charge is 1.97. The second-order valence-electron chi connectivity index (χ2n) is 3.46. The van der Waals surface area contributed by atoms with Gasteiger partial charge in [0.15, 0.2) is 11.5 Å². The molecule has 0 aliphatic heterocycles. The number of benzene rings is 2. The molecule has 2 nitrogen and oxygen atoms in total. The third kappa shape index (κ3) is 2.93. The van der Waals surface area contributed by atoms with Gasteiger partial charge in [0, 0.05) is 16.1 Å². The lowest BCUT2D eigenvalue weighted by molar-refractivity contribution is 0.403. The summed E-state index contributed by atoms with van der Waals surface area (Å²) in [6, 6.07) is 11.6. The Morgan fingerprint density at radius 3 is 2.00 bits per heavy atom. The summed E-state index contributed by atoms with van der Waals surface area (Å²) in [6.45, 7) is 0. The predicted octanol–water partition coefficient (Wildman–Crippen LogP) is 3.15. The van der Waals surface area contributed by atoms with E-state index in [4.69, 9.17) is 16.7 Å². The van der Waals surface area contributed by atoms with E-state index in [0.717, 1.165) is 5.56 Å². The van der Waals surface area contributed by atoms with Crippen molar-refractivity contribution in [2.24, 2.45) is 0 Å². The molecule has 0 saturated heterocycles. The predicted molar refractivity (Wildman–Crippen MR) is 67.2 cm³/mol. The molecule has 0 radical (unpaired) electrons. The molecule has 0 aliphatic rings. The molecule has 0 unspecified atom stereocenters. The van der Waals surface area contributed by atoms with Crippen molar-refractivity contribution in [1.82, 2.24) is 0 Å². The summed E-state index contributed by atoms with van der Waals surface area (Å²) in [5, 5.41) is 19.1. The molecule has 0 amide bonds. The van der Waals surface area contributed by atoms with Gasteiger partial charge < -0.3 is 10.2 Å². The summed E-state index contributed by atoms with van der Waals surface area (Å²) in [6.07, 6.45) is 0. The fourth-order valence-corrected chi connectivity index (χ4v) is 1.40. The van der Waals surface area contributed by atoms with Crippen molar-refractivity contribution >= 4 is 11.6 Å². The van der Waals surface area contributed by atoms with Crippen LogP contribution in [0.3, 0.4) is 0 Å². The maximum absolute atomic E-state index is 9.30. The van der Waals surface area contributed by atoms with Crippen LogP contribution in [0.2, 0.25) is 5.02 Å². The topological polar surface area (TPSA) is 40.5 Å². The Hall–Kier alpha value is -2.11. The molecule has 2 N–H and O–H groups in total. The van der Waals surface area contributed by atoms with Gasteiger partial charge in [0.2, 0.25) is 0 Å². The van der Waals surface area contributed by atoms with E-state index in [2.05, 4.69) is 11.8 Å². The van der Waals surface area contributed by atoms with Crippen LogP contribution in [-0.2, 0) is 0 Å². The lowest BCUT2D eigenvalue weighted by atomic mass is 10.1. The van der Waals surface area contributed by atoms with Crippen molar-refractivity contribution in [3.8, 4) is 23.3 Å². The maximum Gasteiger partial charge on any atom is 0.158 e.